The Morgan fingerprint density at radius 1 is 0.897 bits per heavy atom. The van der Waals surface area contributed by atoms with Crippen LogP contribution in [0.15, 0.2) is 62.2 Å². The van der Waals surface area contributed by atoms with E-state index in [9.17, 15) is 19.2 Å². The van der Waals surface area contributed by atoms with E-state index in [-0.39, 0.29) is 27.2 Å². The second-order valence-electron chi connectivity index (χ2n) is 7.42. The number of rotatable bonds is 6. The lowest BCUT2D eigenvalue weighted by Crippen LogP contribution is -2.42. The lowest BCUT2D eigenvalue weighted by atomic mass is 9.95. The van der Waals surface area contributed by atoms with Crippen molar-refractivity contribution in [3.05, 3.63) is 84.4 Å². The number of nitrogens with zero attached hydrogens (tertiary/aromatic N) is 2. The molecule has 0 saturated heterocycles. The first-order valence-electron chi connectivity index (χ1n) is 9.65. The van der Waals surface area contributed by atoms with Gasteiger partial charge in [0.25, 0.3) is 22.2 Å². The van der Waals surface area contributed by atoms with Gasteiger partial charge in [0.15, 0.2) is 0 Å². The minimum absolute atomic E-state index is 0.118. The van der Waals surface area contributed by atoms with Gasteiger partial charge in [0.1, 0.15) is 0 Å². The van der Waals surface area contributed by atoms with Gasteiger partial charge in [0.2, 0.25) is 0 Å². The van der Waals surface area contributed by atoms with Gasteiger partial charge in [-0.3, -0.25) is 23.7 Å². The monoisotopic (exact) mass is 392 g/mol. The number of allylic oxidation sites excluding steroid dienone is 5. The van der Waals surface area contributed by atoms with Crippen LogP contribution < -0.4 is 22.2 Å². The molecule has 0 unspecified atom stereocenters. The smallest absolute Gasteiger partial charge is 0.266 e. The van der Waals surface area contributed by atoms with Gasteiger partial charge < -0.3 is 0 Å². The van der Waals surface area contributed by atoms with E-state index in [1.54, 1.807) is 24.3 Å². The molecule has 0 spiro atoms. The molecule has 0 fully saturated rings. The fourth-order valence-electron chi connectivity index (χ4n) is 3.64. The zero-order valence-corrected chi connectivity index (χ0v) is 17.1. The predicted molar refractivity (Wildman–Crippen MR) is 118 cm³/mol. The van der Waals surface area contributed by atoms with Gasteiger partial charge in [-0.2, -0.15) is 0 Å². The molecule has 0 radical (unpaired) electrons. The van der Waals surface area contributed by atoms with Crippen molar-refractivity contribution in [1.29, 1.82) is 0 Å². The third kappa shape index (κ3) is 2.95. The summed E-state index contributed by atoms with van der Waals surface area (Å²) in [5.41, 5.74) is -2.35. The molecule has 2 heterocycles. The summed E-state index contributed by atoms with van der Waals surface area (Å²) in [5, 5.41) is 0.568. The number of benzene rings is 1. The lowest BCUT2D eigenvalue weighted by Gasteiger charge is -2.27. The minimum Gasteiger partial charge on any atom is -0.269 e. The van der Waals surface area contributed by atoms with E-state index in [1.165, 1.54) is 16.7 Å². The molecular formula is C23H24N2O4. The van der Waals surface area contributed by atoms with Crippen LogP contribution in [0.4, 0.5) is 0 Å². The predicted octanol–water partition coefficient (Wildman–Crippen LogP) is 3.05. The summed E-state index contributed by atoms with van der Waals surface area (Å²) in [7, 11) is 0. The maximum absolute atomic E-state index is 13.0. The molecule has 0 atom stereocenters. The van der Waals surface area contributed by atoms with Gasteiger partial charge in [-0.1, -0.05) is 38.7 Å². The zero-order chi connectivity index (χ0) is 21.5. The maximum atomic E-state index is 13.0. The first-order valence-corrected chi connectivity index (χ1v) is 9.65. The summed E-state index contributed by atoms with van der Waals surface area (Å²) < 4.78 is 2.23. The average molecular weight is 392 g/mol. The summed E-state index contributed by atoms with van der Waals surface area (Å²) in [5.74, 6) is 0. The van der Waals surface area contributed by atoms with Crippen molar-refractivity contribution in [2.24, 2.45) is 0 Å². The second-order valence-corrected chi connectivity index (χ2v) is 7.42. The van der Waals surface area contributed by atoms with Crippen LogP contribution in [-0.4, -0.2) is 9.13 Å². The second kappa shape index (κ2) is 7.28. The summed E-state index contributed by atoms with van der Waals surface area (Å²) >= 11 is 0. The lowest BCUT2D eigenvalue weighted by molar-refractivity contribution is 0.282. The van der Waals surface area contributed by atoms with E-state index in [0.717, 1.165) is 4.57 Å². The van der Waals surface area contributed by atoms with Crippen molar-refractivity contribution in [3.63, 3.8) is 0 Å². The van der Waals surface area contributed by atoms with Crippen LogP contribution in [-0.2, 0) is 5.54 Å². The number of hydrogen-bond donors (Lipinski definition) is 0. The van der Waals surface area contributed by atoms with E-state index >= 15 is 0 Å². The Morgan fingerprint density at radius 2 is 1.34 bits per heavy atom. The third-order valence-corrected chi connectivity index (χ3v) is 5.83. The van der Waals surface area contributed by atoms with Crippen LogP contribution in [0.3, 0.4) is 0 Å². The molecule has 6 heteroatoms. The Bertz CT molecular complexity index is 1310. The fraction of sp³-hybridized carbons (Fsp3) is 0.304. The Morgan fingerprint density at radius 3 is 1.76 bits per heavy atom. The highest BCUT2D eigenvalue weighted by molar-refractivity contribution is 5.98. The molecule has 0 aliphatic carbocycles. The van der Waals surface area contributed by atoms with Gasteiger partial charge in [0, 0.05) is 11.2 Å². The molecular weight excluding hydrogens is 368 g/mol. The molecule has 29 heavy (non-hydrogen) atoms. The summed E-state index contributed by atoms with van der Waals surface area (Å²) in [6, 6.07) is 2.75. The quantitative estimate of drug-likeness (QED) is 0.604. The van der Waals surface area contributed by atoms with Crippen molar-refractivity contribution >= 4 is 27.2 Å². The van der Waals surface area contributed by atoms with E-state index in [4.69, 9.17) is 0 Å². The number of hydrogen-bond acceptors (Lipinski definition) is 4. The molecule has 2 aromatic heterocycles. The molecule has 6 nitrogen and oxygen atoms in total. The zero-order valence-electron chi connectivity index (χ0n) is 17.1. The summed E-state index contributed by atoms with van der Waals surface area (Å²) in [6.45, 7) is 11.3. The Hall–Kier alpha value is -3.28. The Kier molecular flexibility index (Phi) is 5.13. The average Bonchev–Trinajstić information content (AvgIpc) is 3.11. The molecule has 150 valence electrons. The highest BCUT2D eigenvalue weighted by atomic mass is 16.2. The summed E-state index contributed by atoms with van der Waals surface area (Å²) in [6.07, 6.45) is 8.01. The van der Waals surface area contributed by atoms with Gasteiger partial charge in [-0.15, -0.1) is 0 Å². The molecule has 0 aliphatic heterocycles. The number of aromatic nitrogens is 2. The van der Waals surface area contributed by atoms with Crippen LogP contribution in [0.1, 0.15) is 40.5 Å². The van der Waals surface area contributed by atoms with Crippen molar-refractivity contribution in [3.8, 4) is 0 Å². The van der Waals surface area contributed by atoms with Gasteiger partial charge >= 0.3 is 0 Å². The van der Waals surface area contributed by atoms with E-state index in [0.29, 0.717) is 12.8 Å². The Balaban J connectivity index is 2.36. The van der Waals surface area contributed by atoms with Crippen LogP contribution in [0.5, 0.6) is 0 Å². The molecule has 0 saturated carbocycles. The minimum atomic E-state index is -0.621. The molecule has 3 aromatic rings. The van der Waals surface area contributed by atoms with Crippen molar-refractivity contribution < 1.29 is 0 Å². The molecule has 0 N–H and O–H groups in total. The van der Waals surface area contributed by atoms with E-state index < -0.39 is 27.8 Å². The van der Waals surface area contributed by atoms with Gasteiger partial charge in [-0.05, 0) is 44.9 Å². The topological polar surface area (TPSA) is 78.1 Å². The van der Waals surface area contributed by atoms with Crippen molar-refractivity contribution in [2.75, 3.05) is 0 Å². The van der Waals surface area contributed by atoms with Crippen LogP contribution in [0.25, 0.3) is 27.2 Å². The highest BCUT2D eigenvalue weighted by Crippen LogP contribution is 2.24. The Labute approximate surface area is 167 Å². The molecule has 3 rings (SSSR count). The first-order chi connectivity index (χ1) is 13.7. The van der Waals surface area contributed by atoms with E-state index in [2.05, 4.69) is 6.58 Å². The summed E-state index contributed by atoms with van der Waals surface area (Å²) in [4.78, 5) is 51.7. The SMILES string of the molecule is C=C(/C=C\C=C/C)n1c(=O)c2cc3c(=O)n(C(C)(CC)CC)c(=O)c3cc2c1=O. The van der Waals surface area contributed by atoms with Crippen molar-refractivity contribution in [1.82, 2.24) is 9.13 Å². The molecule has 1 aromatic carbocycles. The highest BCUT2D eigenvalue weighted by Gasteiger charge is 2.29. The molecule has 0 bridgehead atoms. The molecule has 0 aliphatic rings. The standard InChI is InChI=1S/C23H24N2O4/c1-6-9-10-11-14(4)24-19(26)15-12-17-18(13-16(15)20(24)27)22(29)25(21(17)28)23(5,7-2)8-3/h6,9-13H,4,7-8H2,1-3,5H3/b9-6-,11-10-. The third-order valence-electron chi connectivity index (χ3n) is 5.83. The number of fused-ring (bicyclic) bond motifs is 2. The first kappa shape index (κ1) is 20.5. The van der Waals surface area contributed by atoms with E-state index in [1.807, 2.05) is 27.7 Å². The van der Waals surface area contributed by atoms with Crippen LogP contribution >= 0.6 is 0 Å². The van der Waals surface area contributed by atoms with Crippen LogP contribution in [0.2, 0.25) is 0 Å². The normalized spacial score (nSPS) is 12.8. The van der Waals surface area contributed by atoms with Gasteiger partial charge in [0.05, 0.1) is 21.5 Å². The fourth-order valence-corrected chi connectivity index (χ4v) is 3.64. The maximum Gasteiger partial charge on any atom is 0.266 e. The largest absolute Gasteiger partial charge is 0.269 e. The van der Waals surface area contributed by atoms with Crippen molar-refractivity contribution in [2.45, 2.75) is 46.1 Å². The van der Waals surface area contributed by atoms with Crippen LogP contribution in [0, 0.1) is 0 Å². The van der Waals surface area contributed by atoms with Gasteiger partial charge in [-0.25, -0.2) is 4.57 Å². The molecule has 0 amide bonds.